The molecule has 0 fully saturated rings. The Balaban J connectivity index is 5.30. The molecule has 11 nitrogen and oxygen atoms in total. The van der Waals surface area contributed by atoms with Gasteiger partial charge >= 0.3 is 11.9 Å². The number of hydrogen-bond donors (Lipinski definition) is 6. The van der Waals surface area contributed by atoms with Crippen LogP contribution < -0.4 is 21.7 Å². The second-order valence-electron chi connectivity index (χ2n) is 6.79. The number of carboxylic acid groups (broad SMARTS) is 2. The van der Waals surface area contributed by atoms with Crippen LogP contribution in [0.5, 0.6) is 0 Å². The predicted molar refractivity (Wildman–Crippen MR) is 120 cm³/mol. The summed E-state index contributed by atoms with van der Waals surface area (Å²) in [6.07, 6.45) is 3.76. The van der Waals surface area contributed by atoms with E-state index in [0.717, 1.165) is 0 Å². The lowest BCUT2D eigenvalue weighted by atomic mass is 10.1. The zero-order valence-corrected chi connectivity index (χ0v) is 19.5. The smallest absolute Gasteiger partial charge is 0.325 e. The quantitative estimate of drug-likeness (QED) is 0.164. The normalized spacial score (nSPS) is 14.6. The minimum Gasteiger partial charge on any atom is -0.481 e. The van der Waals surface area contributed by atoms with Crippen molar-refractivity contribution in [2.45, 2.75) is 56.8 Å². The molecule has 0 aliphatic carbocycles. The lowest BCUT2D eigenvalue weighted by Gasteiger charge is -2.24. The molecule has 4 atom stereocenters. The summed E-state index contributed by atoms with van der Waals surface area (Å²) >= 11 is 3.00. The molecule has 0 aliphatic rings. The van der Waals surface area contributed by atoms with E-state index >= 15 is 0 Å². The number of carboxylic acids is 2. The number of carbonyl (C=O) groups excluding carboxylic acids is 3. The van der Waals surface area contributed by atoms with E-state index in [1.54, 1.807) is 0 Å². The van der Waals surface area contributed by atoms with Crippen LogP contribution in [0.15, 0.2) is 0 Å². The molecule has 0 aromatic heterocycles. The van der Waals surface area contributed by atoms with Crippen LogP contribution in [0.4, 0.5) is 0 Å². The standard InChI is InChI=1S/C18H32N4O7S2/c1-10(18(28)29)20-16(26)12(4-5-14(23)24)22-17(27)13(7-9-31-3)21-15(25)11(19)6-8-30-2/h10-13H,4-9,19H2,1-3H3,(H,20,26)(H,21,25)(H,22,27)(H,23,24)(H,28,29). The highest BCUT2D eigenvalue weighted by Gasteiger charge is 2.29. The maximum Gasteiger partial charge on any atom is 0.325 e. The molecule has 7 N–H and O–H groups in total. The van der Waals surface area contributed by atoms with E-state index in [9.17, 15) is 24.0 Å². The minimum atomic E-state index is -1.28. The van der Waals surface area contributed by atoms with Crippen molar-refractivity contribution in [3.05, 3.63) is 0 Å². The van der Waals surface area contributed by atoms with E-state index in [2.05, 4.69) is 16.0 Å². The second kappa shape index (κ2) is 15.8. The summed E-state index contributed by atoms with van der Waals surface area (Å²) < 4.78 is 0. The third-order valence-electron chi connectivity index (χ3n) is 4.22. The molecule has 0 aliphatic heterocycles. The van der Waals surface area contributed by atoms with Crippen LogP contribution in [0, 0.1) is 0 Å². The first kappa shape index (κ1) is 29.0. The van der Waals surface area contributed by atoms with E-state index in [0.29, 0.717) is 17.9 Å². The number of nitrogens with one attached hydrogen (secondary N) is 3. The average molecular weight is 481 g/mol. The number of thioether (sulfide) groups is 2. The summed E-state index contributed by atoms with van der Waals surface area (Å²) in [6, 6.07) is -4.26. The topological polar surface area (TPSA) is 188 Å². The molecule has 31 heavy (non-hydrogen) atoms. The van der Waals surface area contributed by atoms with Crippen LogP contribution in [0.1, 0.15) is 32.6 Å². The zero-order chi connectivity index (χ0) is 24.0. The van der Waals surface area contributed by atoms with E-state index in [1.807, 2.05) is 12.5 Å². The van der Waals surface area contributed by atoms with Crippen LogP contribution in [-0.4, -0.2) is 88.1 Å². The first-order chi connectivity index (χ1) is 14.5. The average Bonchev–Trinajstić information content (AvgIpc) is 2.71. The van der Waals surface area contributed by atoms with Gasteiger partial charge in [-0.2, -0.15) is 23.5 Å². The lowest BCUT2D eigenvalue weighted by molar-refractivity contribution is -0.142. The molecule has 13 heteroatoms. The fraction of sp³-hybridized carbons (Fsp3) is 0.722. The van der Waals surface area contributed by atoms with Crippen LogP contribution in [0.2, 0.25) is 0 Å². The van der Waals surface area contributed by atoms with Crippen molar-refractivity contribution < 1.29 is 34.2 Å². The zero-order valence-electron chi connectivity index (χ0n) is 17.9. The van der Waals surface area contributed by atoms with Gasteiger partial charge in [0.05, 0.1) is 6.04 Å². The van der Waals surface area contributed by atoms with Crippen LogP contribution in [0.25, 0.3) is 0 Å². The summed E-state index contributed by atoms with van der Waals surface area (Å²) in [4.78, 5) is 59.4. The van der Waals surface area contributed by atoms with E-state index in [-0.39, 0.29) is 12.8 Å². The Bertz CT molecular complexity index is 636. The lowest BCUT2D eigenvalue weighted by Crippen LogP contribution is -2.57. The highest BCUT2D eigenvalue weighted by Crippen LogP contribution is 2.06. The van der Waals surface area contributed by atoms with E-state index in [1.165, 1.54) is 30.4 Å². The van der Waals surface area contributed by atoms with Gasteiger partial charge in [-0.1, -0.05) is 0 Å². The highest BCUT2D eigenvalue weighted by atomic mass is 32.2. The van der Waals surface area contributed by atoms with Gasteiger partial charge in [-0.05, 0) is 50.2 Å². The summed E-state index contributed by atoms with van der Waals surface area (Å²) in [7, 11) is 0. The molecule has 0 bridgehead atoms. The first-order valence-electron chi connectivity index (χ1n) is 9.62. The van der Waals surface area contributed by atoms with Gasteiger partial charge in [0.25, 0.3) is 0 Å². The number of rotatable bonds is 16. The summed E-state index contributed by atoms with van der Waals surface area (Å²) in [6.45, 7) is 1.24. The number of aliphatic carboxylic acids is 2. The first-order valence-corrected chi connectivity index (χ1v) is 12.4. The highest BCUT2D eigenvalue weighted by molar-refractivity contribution is 7.98. The Morgan fingerprint density at radius 3 is 1.81 bits per heavy atom. The SMILES string of the molecule is CSCCC(N)C(=O)NC(CCSC)C(=O)NC(CCC(=O)O)C(=O)NC(C)C(=O)O. The molecule has 4 unspecified atom stereocenters. The van der Waals surface area contributed by atoms with Crippen molar-refractivity contribution in [3.8, 4) is 0 Å². The largest absolute Gasteiger partial charge is 0.481 e. The van der Waals surface area contributed by atoms with Gasteiger partial charge in [0.15, 0.2) is 0 Å². The monoisotopic (exact) mass is 480 g/mol. The van der Waals surface area contributed by atoms with Gasteiger partial charge in [0, 0.05) is 6.42 Å². The van der Waals surface area contributed by atoms with Gasteiger partial charge < -0.3 is 31.9 Å². The molecule has 0 saturated carbocycles. The molecular weight excluding hydrogens is 448 g/mol. The Hall–Kier alpha value is -1.99. The number of amides is 3. The van der Waals surface area contributed by atoms with Gasteiger partial charge in [-0.15, -0.1) is 0 Å². The molecule has 0 heterocycles. The fourth-order valence-electron chi connectivity index (χ4n) is 2.34. The maximum atomic E-state index is 12.8. The summed E-state index contributed by atoms with van der Waals surface area (Å²) in [5.74, 6) is -3.23. The number of nitrogens with two attached hydrogens (primary N) is 1. The Kier molecular flexibility index (Phi) is 14.7. The fourth-order valence-corrected chi connectivity index (χ4v) is 3.30. The predicted octanol–water partition coefficient (Wildman–Crippen LogP) is -0.756. The van der Waals surface area contributed by atoms with Crippen LogP contribution in [0.3, 0.4) is 0 Å². The summed E-state index contributed by atoms with van der Waals surface area (Å²) in [5.41, 5.74) is 5.85. The Labute approximate surface area is 190 Å². The van der Waals surface area contributed by atoms with E-state index < -0.39 is 60.2 Å². The number of carbonyl (C=O) groups is 5. The van der Waals surface area contributed by atoms with Crippen molar-refractivity contribution in [2.24, 2.45) is 5.73 Å². The second-order valence-corrected chi connectivity index (χ2v) is 8.76. The maximum absolute atomic E-state index is 12.8. The van der Waals surface area contributed by atoms with Gasteiger partial charge in [0.2, 0.25) is 17.7 Å². The molecular formula is C18H32N4O7S2. The Morgan fingerprint density at radius 2 is 1.29 bits per heavy atom. The van der Waals surface area contributed by atoms with Crippen LogP contribution >= 0.6 is 23.5 Å². The van der Waals surface area contributed by atoms with Crippen molar-refractivity contribution in [1.29, 1.82) is 0 Å². The van der Waals surface area contributed by atoms with Crippen molar-refractivity contribution >= 4 is 53.2 Å². The molecule has 0 radical (unpaired) electrons. The van der Waals surface area contributed by atoms with Gasteiger partial charge in [-0.3, -0.25) is 24.0 Å². The molecule has 3 amide bonds. The van der Waals surface area contributed by atoms with Crippen molar-refractivity contribution in [1.82, 2.24) is 16.0 Å². The number of hydrogen-bond acceptors (Lipinski definition) is 8. The van der Waals surface area contributed by atoms with Crippen LogP contribution in [-0.2, 0) is 24.0 Å². The molecule has 0 saturated heterocycles. The molecule has 0 aromatic carbocycles. The molecule has 0 spiro atoms. The van der Waals surface area contributed by atoms with Crippen molar-refractivity contribution in [2.75, 3.05) is 24.0 Å². The third kappa shape index (κ3) is 12.5. The van der Waals surface area contributed by atoms with Gasteiger partial charge in [0.1, 0.15) is 18.1 Å². The minimum absolute atomic E-state index is 0.240. The van der Waals surface area contributed by atoms with E-state index in [4.69, 9.17) is 15.9 Å². The summed E-state index contributed by atoms with van der Waals surface area (Å²) in [5, 5.41) is 25.1. The molecule has 178 valence electrons. The molecule has 0 rings (SSSR count). The van der Waals surface area contributed by atoms with Crippen molar-refractivity contribution in [3.63, 3.8) is 0 Å². The Morgan fingerprint density at radius 1 is 0.806 bits per heavy atom. The molecule has 0 aromatic rings. The third-order valence-corrected chi connectivity index (χ3v) is 5.51. The van der Waals surface area contributed by atoms with Gasteiger partial charge in [-0.25, -0.2) is 0 Å².